The van der Waals surface area contributed by atoms with E-state index in [2.05, 4.69) is 17.5 Å². The number of ketones is 1. The Morgan fingerprint density at radius 3 is 2.74 bits per heavy atom. The molecule has 0 spiro atoms. The van der Waals surface area contributed by atoms with Gasteiger partial charge in [-0.2, -0.15) is 13.2 Å². The molecule has 0 fully saturated rings. The molecule has 1 aromatic rings. The van der Waals surface area contributed by atoms with Crippen LogP contribution in [0.3, 0.4) is 0 Å². The summed E-state index contributed by atoms with van der Waals surface area (Å²) in [5.41, 5.74) is 0.329. The van der Waals surface area contributed by atoms with Gasteiger partial charge in [-0.3, -0.25) is 4.79 Å². The number of allylic oxidation sites excluding steroid dienone is 3. The highest BCUT2D eigenvalue weighted by molar-refractivity contribution is 5.97. The van der Waals surface area contributed by atoms with E-state index in [1.165, 1.54) is 6.07 Å². The van der Waals surface area contributed by atoms with Crippen molar-refractivity contribution < 1.29 is 18.0 Å². The molecule has 0 saturated heterocycles. The van der Waals surface area contributed by atoms with Crippen LogP contribution in [0.15, 0.2) is 48.2 Å². The second-order valence-electron chi connectivity index (χ2n) is 5.67. The zero-order valence-corrected chi connectivity index (χ0v) is 13.0. The highest BCUT2D eigenvalue weighted by atomic mass is 19.4. The van der Waals surface area contributed by atoms with Gasteiger partial charge >= 0.3 is 6.18 Å². The van der Waals surface area contributed by atoms with Crippen molar-refractivity contribution >= 4 is 5.78 Å². The lowest BCUT2D eigenvalue weighted by Gasteiger charge is -2.20. The van der Waals surface area contributed by atoms with Gasteiger partial charge in [0.15, 0.2) is 5.78 Å². The molecule has 0 bridgehead atoms. The van der Waals surface area contributed by atoms with E-state index in [0.29, 0.717) is 11.1 Å². The van der Waals surface area contributed by atoms with E-state index in [-0.39, 0.29) is 18.1 Å². The minimum absolute atomic E-state index is 0.0162. The molecule has 0 aromatic heterocycles. The topological polar surface area (TPSA) is 29.1 Å². The molecule has 0 saturated carbocycles. The van der Waals surface area contributed by atoms with Gasteiger partial charge < -0.3 is 5.32 Å². The highest BCUT2D eigenvalue weighted by Gasteiger charge is 2.30. The van der Waals surface area contributed by atoms with Crippen LogP contribution >= 0.6 is 0 Å². The summed E-state index contributed by atoms with van der Waals surface area (Å²) in [5.74, 6) is 0.00437. The van der Waals surface area contributed by atoms with Crippen LogP contribution in [-0.2, 0) is 17.4 Å². The van der Waals surface area contributed by atoms with Crippen molar-refractivity contribution in [2.45, 2.75) is 31.9 Å². The van der Waals surface area contributed by atoms with E-state index < -0.39 is 11.7 Å². The minimum Gasteiger partial charge on any atom is -0.394 e. The summed E-state index contributed by atoms with van der Waals surface area (Å²) >= 11 is 0. The van der Waals surface area contributed by atoms with Crippen molar-refractivity contribution in [3.05, 3.63) is 59.3 Å². The Morgan fingerprint density at radius 1 is 1.35 bits per heavy atom. The van der Waals surface area contributed by atoms with Crippen LogP contribution in [-0.4, -0.2) is 12.8 Å². The smallest absolute Gasteiger partial charge is 0.394 e. The lowest BCUT2D eigenvalue weighted by atomic mass is 9.84. The molecular weight excluding hydrogens is 303 g/mol. The fourth-order valence-electron chi connectivity index (χ4n) is 2.80. The van der Waals surface area contributed by atoms with Crippen molar-refractivity contribution in [1.29, 1.82) is 0 Å². The van der Waals surface area contributed by atoms with Crippen LogP contribution in [0.5, 0.6) is 0 Å². The molecule has 124 valence electrons. The number of carbonyl (C=O) groups is 1. The molecular formula is C18H20F3NO. The summed E-state index contributed by atoms with van der Waals surface area (Å²) < 4.78 is 38.3. The first-order chi connectivity index (χ1) is 10.9. The molecule has 0 amide bonds. The predicted octanol–water partition coefficient (Wildman–Crippen LogP) is 4.28. The molecule has 0 radical (unpaired) electrons. The zero-order valence-electron chi connectivity index (χ0n) is 13.0. The Labute approximate surface area is 134 Å². The maximum absolute atomic E-state index is 12.8. The average Bonchev–Trinajstić information content (AvgIpc) is 2.53. The number of carbonyl (C=O) groups excluding carboxylic acids is 1. The van der Waals surface area contributed by atoms with Crippen LogP contribution in [0.2, 0.25) is 0 Å². The quantitative estimate of drug-likeness (QED) is 0.647. The standard InChI is InChI=1S/C18H20F3NO/c1-22-12-16(14-7-3-2-4-8-14)17(23)11-13-6-5-9-15(10-13)18(19,20)21/h2-3,5-6,9-10,12,14,22H,4,7-8,11H2,1H3. The number of alkyl halides is 3. The van der Waals surface area contributed by atoms with E-state index in [9.17, 15) is 18.0 Å². The van der Waals surface area contributed by atoms with Gasteiger partial charge in [0.2, 0.25) is 0 Å². The molecule has 0 heterocycles. The molecule has 1 aliphatic rings. The lowest BCUT2D eigenvalue weighted by Crippen LogP contribution is -2.19. The maximum Gasteiger partial charge on any atom is 0.416 e. The first-order valence-corrected chi connectivity index (χ1v) is 7.63. The molecule has 1 unspecified atom stereocenters. The first kappa shape index (κ1) is 17.3. The summed E-state index contributed by atoms with van der Waals surface area (Å²) in [6.45, 7) is 0. The normalized spacial score (nSPS) is 18.8. The summed E-state index contributed by atoms with van der Waals surface area (Å²) in [6, 6.07) is 4.97. The number of nitrogens with one attached hydrogen (secondary N) is 1. The van der Waals surface area contributed by atoms with Gasteiger partial charge in [0.1, 0.15) is 0 Å². The van der Waals surface area contributed by atoms with Crippen LogP contribution in [0.25, 0.3) is 0 Å². The second-order valence-corrected chi connectivity index (χ2v) is 5.67. The number of halogens is 3. The molecule has 1 N–H and O–H groups in total. The number of hydrogen-bond acceptors (Lipinski definition) is 2. The number of hydrogen-bond donors (Lipinski definition) is 1. The van der Waals surface area contributed by atoms with Crippen molar-refractivity contribution in [1.82, 2.24) is 5.32 Å². The van der Waals surface area contributed by atoms with Crippen LogP contribution < -0.4 is 5.32 Å². The van der Waals surface area contributed by atoms with Crippen LogP contribution in [0.1, 0.15) is 30.4 Å². The Balaban J connectivity index is 2.16. The van der Waals surface area contributed by atoms with Crippen LogP contribution in [0, 0.1) is 5.92 Å². The molecule has 2 nitrogen and oxygen atoms in total. The highest BCUT2D eigenvalue weighted by Crippen LogP contribution is 2.30. The van der Waals surface area contributed by atoms with Gasteiger partial charge in [0, 0.05) is 25.2 Å². The largest absolute Gasteiger partial charge is 0.416 e. The molecule has 0 aliphatic heterocycles. The third-order valence-corrected chi connectivity index (χ3v) is 3.95. The Bertz CT molecular complexity index is 617. The fraction of sp³-hybridized carbons (Fsp3) is 0.389. The van der Waals surface area contributed by atoms with Gasteiger partial charge in [0.05, 0.1) is 5.56 Å². The van der Waals surface area contributed by atoms with E-state index in [1.807, 2.05) is 0 Å². The monoisotopic (exact) mass is 323 g/mol. The maximum atomic E-state index is 12.8. The van der Waals surface area contributed by atoms with Gasteiger partial charge in [0.25, 0.3) is 0 Å². The lowest BCUT2D eigenvalue weighted by molar-refractivity contribution is -0.137. The first-order valence-electron chi connectivity index (χ1n) is 7.63. The summed E-state index contributed by atoms with van der Waals surface area (Å²) in [6.07, 6.45) is 4.01. The molecule has 1 aromatic carbocycles. The minimum atomic E-state index is -4.39. The molecule has 23 heavy (non-hydrogen) atoms. The van der Waals surface area contributed by atoms with E-state index in [4.69, 9.17) is 0 Å². The van der Waals surface area contributed by atoms with Crippen LogP contribution in [0.4, 0.5) is 13.2 Å². The Hall–Kier alpha value is -2.04. The fourth-order valence-corrected chi connectivity index (χ4v) is 2.80. The Morgan fingerprint density at radius 2 is 2.13 bits per heavy atom. The van der Waals surface area contributed by atoms with E-state index in [0.717, 1.165) is 31.4 Å². The molecule has 1 atom stereocenters. The molecule has 2 rings (SSSR count). The van der Waals surface area contributed by atoms with Gasteiger partial charge in [-0.15, -0.1) is 0 Å². The third kappa shape index (κ3) is 4.71. The van der Waals surface area contributed by atoms with E-state index >= 15 is 0 Å². The van der Waals surface area contributed by atoms with Crippen molar-refractivity contribution in [2.75, 3.05) is 7.05 Å². The summed E-state index contributed by atoms with van der Waals surface area (Å²) in [7, 11) is 1.72. The molecule has 5 heteroatoms. The van der Waals surface area contributed by atoms with Crippen molar-refractivity contribution in [2.24, 2.45) is 5.92 Å². The third-order valence-electron chi connectivity index (χ3n) is 3.95. The Kier molecular flexibility index (Phi) is 5.64. The van der Waals surface area contributed by atoms with Gasteiger partial charge in [-0.25, -0.2) is 0 Å². The van der Waals surface area contributed by atoms with Gasteiger partial charge in [-0.1, -0.05) is 30.4 Å². The number of rotatable bonds is 5. The summed E-state index contributed by atoms with van der Waals surface area (Å²) in [4.78, 5) is 12.5. The van der Waals surface area contributed by atoms with Crippen molar-refractivity contribution in [3.63, 3.8) is 0 Å². The van der Waals surface area contributed by atoms with E-state index in [1.54, 1.807) is 19.3 Å². The number of benzene rings is 1. The average molecular weight is 323 g/mol. The number of Topliss-reactive ketones (excluding diaryl/α,β-unsaturated/α-hetero) is 1. The molecule has 1 aliphatic carbocycles. The summed E-state index contributed by atoms with van der Waals surface area (Å²) in [5, 5.41) is 2.88. The predicted molar refractivity (Wildman–Crippen MR) is 83.8 cm³/mol. The van der Waals surface area contributed by atoms with Crippen molar-refractivity contribution in [3.8, 4) is 0 Å². The SMILES string of the molecule is CNC=C(C(=O)Cc1cccc(C(F)(F)F)c1)C1CC=CCC1. The zero-order chi connectivity index (χ0) is 16.9. The van der Waals surface area contributed by atoms with Gasteiger partial charge in [-0.05, 0) is 36.8 Å². The second kappa shape index (κ2) is 7.49.